The first-order valence-electron chi connectivity index (χ1n) is 7.27. The number of carbonyl (C=O) groups is 2. The molecule has 0 aromatic heterocycles. The predicted molar refractivity (Wildman–Crippen MR) is 77.3 cm³/mol. The Morgan fingerprint density at radius 3 is 2.35 bits per heavy atom. The number of carbonyl (C=O) groups excluding carboxylic acids is 2. The number of hydrogen-bond donors (Lipinski definition) is 3. The molecule has 1 aliphatic rings. The van der Waals surface area contributed by atoms with Crippen LogP contribution in [-0.4, -0.2) is 51.7 Å². The molecule has 0 aliphatic carbocycles. The fourth-order valence-corrected chi connectivity index (χ4v) is 2.37. The minimum absolute atomic E-state index is 0.00715. The second-order valence-electron chi connectivity index (χ2n) is 5.66. The van der Waals surface area contributed by atoms with E-state index < -0.39 is 5.41 Å². The number of rotatable bonds is 7. The van der Waals surface area contributed by atoms with Gasteiger partial charge in [-0.15, -0.1) is 0 Å². The Morgan fingerprint density at radius 1 is 1.20 bits per heavy atom. The summed E-state index contributed by atoms with van der Waals surface area (Å²) in [5.41, 5.74) is -0.429. The van der Waals surface area contributed by atoms with Crippen LogP contribution >= 0.6 is 0 Å². The van der Waals surface area contributed by atoms with Crippen LogP contribution in [0, 0.1) is 11.3 Å². The largest absolute Gasteiger partial charge is 0.384 e. The fraction of sp³-hybridized carbons (Fsp3) is 0.857. The van der Waals surface area contributed by atoms with Gasteiger partial charge in [0.1, 0.15) is 0 Å². The Kier molecular flexibility index (Phi) is 6.95. The van der Waals surface area contributed by atoms with Crippen LogP contribution in [0.3, 0.4) is 0 Å². The number of hydrogen-bond acceptors (Lipinski definition) is 4. The van der Waals surface area contributed by atoms with Crippen LogP contribution in [0.15, 0.2) is 0 Å². The first-order chi connectivity index (χ1) is 9.52. The molecule has 0 bridgehead atoms. The quantitative estimate of drug-likeness (QED) is 0.570. The Labute approximate surface area is 121 Å². The van der Waals surface area contributed by atoms with E-state index in [4.69, 9.17) is 4.74 Å². The molecule has 6 heteroatoms. The summed E-state index contributed by atoms with van der Waals surface area (Å²) in [7, 11) is 1.62. The summed E-state index contributed by atoms with van der Waals surface area (Å²) in [6.07, 6.45) is 1.57. The molecule has 0 saturated carbocycles. The van der Waals surface area contributed by atoms with Gasteiger partial charge in [-0.1, -0.05) is 13.8 Å². The zero-order valence-electron chi connectivity index (χ0n) is 12.8. The van der Waals surface area contributed by atoms with E-state index in [1.807, 2.05) is 13.8 Å². The van der Waals surface area contributed by atoms with Crippen molar-refractivity contribution in [3.05, 3.63) is 0 Å². The molecule has 1 fully saturated rings. The fourth-order valence-electron chi connectivity index (χ4n) is 2.37. The van der Waals surface area contributed by atoms with Crippen LogP contribution < -0.4 is 16.0 Å². The normalized spacial score (nSPS) is 17.8. The summed E-state index contributed by atoms with van der Waals surface area (Å²) in [4.78, 5) is 23.8. The molecular weight excluding hydrogens is 258 g/mol. The van der Waals surface area contributed by atoms with Gasteiger partial charge in [0, 0.05) is 26.1 Å². The standard InChI is InChI=1S/C14H27N3O3/c1-11(2)12(18)16-8-9-17-13(19)14(10-20-3)4-6-15-7-5-14/h11,15H,4-10H2,1-3H3,(H,16,18)(H,17,19). The number of nitrogens with one attached hydrogen (secondary N) is 3. The average Bonchev–Trinajstić information content (AvgIpc) is 2.44. The van der Waals surface area contributed by atoms with Gasteiger partial charge in [0.2, 0.25) is 11.8 Å². The summed E-state index contributed by atoms with van der Waals surface area (Å²) in [5.74, 6) is 0.00215. The van der Waals surface area contributed by atoms with Gasteiger partial charge >= 0.3 is 0 Å². The SMILES string of the molecule is COCC1(C(=O)NCCNC(=O)C(C)C)CCNCC1. The van der Waals surface area contributed by atoms with Crippen LogP contribution in [0.1, 0.15) is 26.7 Å². The van der Waals surface area contributed by atoms with Crippen LogP contribution in [0.4, 0.5) is 0 Å². The zero-order valence-corrected chi connectivity index (χ0v) is 12.8. The Bertz CT molecular complexity index is 320. The Hall–Kier alpha value is -1.14. The van der Waals surface area contributed by atoms with Crippen LogP contribution in [0.25, 0.3) is 0 Å². The van der Waals surface area contributed by atoms with Gasteiger partial charge in [0.15, 0.2) is 0 Å². The van der Waals surface area contributed by atoms with E-state index in [2.05, 4.69) is 16.0 Å². The monoisotopic (exact) mass is 285 g/mol. The van der Waals surface area contributed by atoms with Crippen LogP contribution in [-0.2, 0) is 14.3 Å². The molecule has 1 rings (SSSR count). The number of piperidine rings is 1. The highest BCUT2D eigenvalue weighted by Gasteiger charge is 2.39. The molecule has 116 valence electrons. The van der Waals surface area contributed by atoms with E-state index in [1.54, 1.807) is 7.11 Å². The van der Waals surface area contributed by atoms with Crippen molar-refractivity contribution in [2.75, 3.05) is 39.9 Å². The van der Waals surface area contributed by atoms with Crippen molar-refractivity contribution in [2.24, 2.45) is 11.3 Å². The summed E-state index contributed by atoms with van der Waals surface area (Å²) >= 11 is 0. The van der Waals surface area contributed by atoms with E-state index >= 15 is 0 Å². The highest BCUT2D eigenvalue weighted by molar-refractivity contribution is 5.83. The van der Waals surface area contributed by atoms with Crippen LogP contribution in [0.2, 0.25) is 0 Å². The van der Waals surface area contributed by atoms with Gasteiger partial charge in [0.05, 0.1) is 12.0 Å². The third-order valence-electron chi connectivity index (χ3n) is 3.70. The first kappa shape index (κ1) is 16.9. The number of amides is 2. The molecule has 1 saturated heterocycles. The Balaban J connectivity index is 2.37. The van der Waals surface area contributed by atoms with Crippen molar-refractivity contribution in [1.29, 1.82) is 0 Å². The highest BCUT2D eigenvalue weighted by atomic mass is 16.5. The van der Waals surface area contributed by atoms with Crippen molar-refractivity contribution < 1.29 is 14.3 Å². The van der Waals surface area contributed by atoms with E-state index in [1.165, 1.54) is 0 Å². The molecule has 0 unspecified atom stereocenters. The van der Waals surface area contributed by atoms with Crippen molar-refractivity contribution in [3.8, 4) is 0 Å². The Morgan fingerprint density at radius 2 is 1.80 bits per heavy atom. The van der Waals surface area contributed by atoms with Gasteiger partial charge in [-0.2, -0.15) is 0 Å². The van der Waals surface area contributed by atoms with Gasteiger partial charge in [-0.3, -0.25) is 9.59 Å². The summed E-state index contributed by atoms with van der Waals surface area (Å²) in [6.45, 7) is 6.72. The first-order valence-corrected chi connectivity index (χ1v) is 7.27. The topological polar surface area (TPSA) is 79.5 Å². The maximum absolute atomic E-state index is 12.4. The van der Waals surface area contributed by atoms with Crippen LogP contribution in [0.5, 0.6) is 0 Å². The minimum atomic E-state index is -0.429. The second kappa shape index (κ2) is 8.21. The highest BCUT2D eigenvalue weighted by Crippen LogP contribution is 2.29. The molecule has 2 amide bonds. The maximum atomic E-state index is 12.4. The summed E-state index contributed by atoms with van der Waals surface area (Å²) in [5, 5.41) is 8.95. The molecule has 0 radical (unpaired) electrons. The van der Waals surface area contributed by atoms with Gasteiger partial charge < -0.3 is 20.7 Å². The maximum Gasteiger partial charge on any atom is 0.228 e. The van der Waals surface area contributed by atoms with Gasteiger partial charge in [0.25, 0.3) is 0 Å². The molecule has 1 aliphatic heterocycles. The van der Waals surface area contributed by atoms with E-state index in [0.717, 1.165) is 25.9 Å². The van der Waals surface area contributed by atoms with E-state index in [9.17, 15) is 9.59 Å². The molecule has 0 aromatic rings. The summed E-state index contributed by atoms with van der Waals surface area (Å²) in [6, 6.07) is 0. The zero-order chi connectivity index (χ0) is 15.0. The number of methoxy groups -OCH3 is 1. The smallest absolute Gasteiger partial charge is 0.228 e. The van der Waals surface area contributed by atoms with Crippen molar-refractivity contribution in [2.45, 2.75) is 26.7 Å². The lowest BCUT2D eigenvalue weighted by atomic mass is 9.78. The van der Waals surface area contributed by atoms with Gasteiger partial charge in [-0.05, 0) is 25.9 Å². The predicted octanol–water partition coefficient (Wildman–Crippen LogP) is -0.109. The number of ether oxygens (including phenoxy) is 1. The molecule has 1 heterocycles. The van der Waals surface area contributed by atoms with Crippen molar-refractivity contribution in [1.82, 2.24) is 16.0 Å². The lowest BCUT2D eigenvalue weighted by Crippen LogP contribution is -2.51. The molecule has 20 heavy (non-hydrogen) atoms. The lowest BCUT2D eigenvalue weighted by Gasteiger charge is -2.35. The van der Waals surface area contributed by atoms with Crippen molar-refractivity contribution >= 4 is 11.8 Å². The lowest BCUT2D eigenvalue weighted by molar-refractivity contribution is -0.136. The third kappa shape index (κ3) is 4.76. The van der Waals surface area contributed by atoms with E-state index in [-0.39, 0.29) is 17.7 Å². The third-order valence-corrected chi connectivity index (χ3v) is 3.70. The molecule has 0 spiro atoms. The molecule has 0 aromatic carbocycles. The van der Waals surface area contributed by atoms with Gasteiger partial charge in [-0.25, -0.2) is 0 Å². The van der Waals surface area contributed by atoms with Crippen molar-refractivity contribution in [3.63, 3.8) is 0 Å². The molecular formula is C14H27N3O3. The average molecular weight is 285 g/mol. The minimum Gasteiger partial charge on any atom is -0.384 e. The molecule has 6 nitrogen and oxygen atoms in total. The summed E-state index contributed by atoms with van der Waals surface area (Å²) < 4.78 is 5.22. The molecule has 0 atom stereocenters. The second-order valence-corrected chi connectivity index (χ2v) is 5.66. The van der Waals surface area contributed by atoms with E-state index in [0.29, 0.717) is 19.7 Å². The molecule has 3 N–H and O–H groups in total.